The van der Waals surface area contributed by atoms with Crippen LogP contribution in [0.5, 0.6) is 0 Å². The summed E-state index contributed by atoms with van der Waals surface area (Å²) in [5.41, 5.74) is 6.44. The Bertz CT molecular complexity index is 1120. The summed E-state index contributed by atoms with van der Waals surface area (Å²) in [4.78, 5) is 9.19. The van der Waals surface area contributed by atoms with Gasteiger partial charge < -0.3 is 9.88 Å². The topological polar surface area (TPSA) is 42.2 Å². The number of piperidine rings is 1. The Morgan fingerprint density at radius 1 is 1.10 bits per heavy atom. The lowest BCUT2D eigenvalue weighted by atomic mass is 9.83. The van der Waals surface area contributed by atoms with Crippen LogP contribution in [0.4, 0.5) is 0 Å². The van der Waals surface area contributed by atoms with Crippen molar-refractivity contribution in [2.24, 2.45) is 10.9 Å². The quantitative estimate of drug-likeness (QED) is 0.519. The van der Waals surface area contributed by atoms with Crippen LogP contribution in [0.1, 0.15) is 56.2 Å². The molecule has 31 heavy (non-hydrogen) atoms. The Morgan fingerprint density at radius 3 is 2.68 bits per heavy atom. The summed E-state index contributed by atoms with van der Waals surface area (Å²) in [5, 5.41) is 5.60. The maximum Gasteiger partial charge on any atom is 0.0721 e. The van der Waals surface area contributed by atoms with Gasteiger partial charge in [0.1, 0.15) is 0 Å². The second-order valence-electron chi connectivity index (χ2n) is 8.59. The van der Waals surface area contributed by atoms with Crippen LogP contribution in [0.15, 0.2) is 53.9 Å². The highest BCUT2D eigenvalue weighted by molar-refractivity contribution is 6.30. The predicted molar refractivity (Wildman–Crippen MR) is 130 cm³/mol. The standard InChI is InChI=1S/C26H29ClN4/c1-2-18-4-3-12-29-16-23(18)26-25(19-9-13-28-14-10-19)22-11-15-30-17-24(22)31(26)21-7-5-20(27)6-8-21/h5-8,11-12,15-19,28H,2-4,9-10,13-14H2,1H3. The van der Waals surface area contributed by atoms with Crippen LogP contribution in [0.2, 0.25) is 5.02 Å². The molecule has 160 valence electrons. The first-order chi connectivity index (χ1) is 15.3. The number of benzene rings is 1. The molecule has 0 radical (unpaired) electrons. The van der Waals surface area contributed by atoms with E-state index >= 15 is 0 Å². The summed E-state index contributed by atoms with van der Waals surface area (Å²) in [7, 11) is 0. The SMILES string of the molecule is CCC1CCC=NC=C1c1c(C2CCNCC2)c2ccncc2n1-c1ccc(Cl)cc1. The average molecular weight is 433 g/mol. The van der Waals surface area contributed by atoms with Crippen molar-refractivity contribution in [1.29, 1.82) is 0 Å². The normalized spacial score (nSPS) is 20.1. The molecule has 2 aliphatic rings. The number of nitrogens with one attached hydrogen (secondary N) is 1. The Labute approximate surface area is 189 Å². The van der Waals surface area contributed by atoms with Crippen molar-refractivity contribution < 1.29 is 0 Å². The molecule has 2 aliphatic heterocycles. The van der Waals surface area contributed by atoms with Gasteiger partial charge in [0.05, 0.1) is 17.4 Å². The molecular formula is C26H29ClN4. The molecule has 1 saturated heterocycles. The zero-order valence-corrected chi connectivity index (χ0v) is 18.8. The van der Waals surface area contributed by atoms with E-state index in [1.807, 2.05) is 24.5 Å². The molecule has 5 rings (SSSR count). The van der Waals surface area contributed by atoms with Crippen LogP contribution < -0.4 is 5.32 Å². The third kappa shape index (κ3) is 3.83. The molecule has 0 amide bonds. The number of hydrogen-bond donors (Lipinski definition) is 1. The van der Waals surface area contributed by atoms with E-state index in [0.29, 0.717) is 11.8 Å². The van der Waals surface area contributed by atoms with Gasteiger partial charge in [-0.25, -0.2) is 0 Å². The molecule has 0 bridgehead atoms. The molecule has 0 saturated carbocycles. The Balaban J connectivity index is 1.83. The molecule has 1 atom stereocenters. The zero-order valence-electron chi connectivity index (χ0n) is 18.0. The van der Waals surface area contributed by atoms with Crippen LogP contribution in [-0.2, 0) is 0 Å². The molecular weight excluding hydrogens is 404 g/mol. The number of rotatable bonds is 4. The third-order valence-electron chi connectivity index (χ3n) is 6.81. The van der Waals surface area contributed by atoms with Crippen molar-refractivity contribution in [3.63, 3.8) is 0 Å². The summed E-state index contributed by atoms with van der Waals surface area (Å²) in [6.07, 6.45) is 13.7. The molecule has 0 aliphatic carbocycles. The second-order valence-corrected chi connectivity index (χ2v) is 9.03. The summed E-state index contributed by atoms with van der Waals surface area (Å²) in [6.45, 7) is 4.43. The molecule has 3 aromatic rings. The number of allylic oxidation sites excluding steroid dienone is 1. The third-order valence-corrected chi connectivity index (χ3v) is 7.06. The van der Waals surface area contributed by atoms with Crippen molar-refractivity contribution in [2.75, 3.05) is 13.1 Å². The summed E-state index contributed by atoms with van der Waals surface area (Å²) in [6, 6.07) is 10.4. The highest BCUT2D eigenvalue weighted by Crippen LogP contribution is 2.44. The minimum atomic E-state index is 0.492. The van der Waals surface area contributed by atoms with Crippen LogP contribution in [0.25, 0.3) is 22.2 Å². The highest BCUT2D eigenvalue weighted by Gasteiger charge is 2.30. The Morgan fingerprint density at radius 2 is 1.90 bits per heavy atom. The highest BCUT2D eigenvalue weighted by atomic mass is 35.5. The molecule has 0 spiro atoms. The molecule has 1 N–H and O–H groups in total. The van der Waals surface area contributed by atoms with Crippen molar-refractivity contribution in [2.45, 2.75) is 44.9 Å². The monoisotopic (exact) mass is 432 g/mol. The van der Waals surface area contributed by atoms with Gasteiger partial charge in [0.2, 0.25) is 0 Å². The zero-order chi connectivity index (χ0) is 21.2. The molecule has 2 aromatic heterocycles. The van der Waals surface area contributed by atoms with E-state index in [0.717, 1.165) is 61.4 Å². The van der Waals surface area contributed by atoms with Gasteiger partial charge in [0.15, 0.2) is 0 Å². The largest absolute Gasteiger partial charge is 0.317 e. The summed E-state index contributed by atoms with van der Waals surface area (Å²) in [5.74, 6) is 1.02. The number of fused-ring (bicyclic) bond motifs is 1. The van der Waals surface area contributed by atoms with Gasteiger partial charge in [-0.3, -0.25) is 9.98 Å². The van der Waals surface area contributed by atoms with Crippen molar-refractivity contribution in [3.05, 3.63) is 65.2 Å². The first-order valence-corrected chi connectivity index (χ1v) is 11.8. The van der Waals surface area contributed by atoms with E-state index in [9.17, 15) is 0 Å². The first kappa shape index (κ1) is 20.5. The number of aliphatic imine (C=N–C) groups is 1. The van der Waals surface area contributed by atoms with E-state index in [1.165, 1.54) is 22.2 Å². The maximum atomic E-state index is 6.24. The molecule has 1 fully saturated rings. The average Bonchev–Trinajstić information content (AvgIpc) is 2.97. The molecule has 1 aromatic carbocycles. The number of halogens is 1. The van der Waals surface area contributed by atoms with Gasteiger partial charge in [-0.2, -0.15) is 0 Å². The van der Waals surface area contributed by atoms with Crippen LogP contribution in [0, 0.1) is 5.92 Å². The number of hydrogen-bond acceptors (Lipinski definition) is 3. The van der Waals surface area contributed by atoms with Crippen molar-refractivity contribution >= 4 is 34.3 Å². The van der Waals surface area contributed by atoms with Gasteiger partial charge in [0, 0.05) is 34.7 Å². The van der Waals surface area contributed by atoms with E-state index in [1.54, 1.807) is 0 Å². The fourth-order valence-electron chi connectivity index (χ4n) is 5.25. The fourth-order valence-corrected chi connectivity index (χ4v) is 5.38. The number of aromatic nitrogens is 2. The number of pyridine rings is 1. The first-order valence-electron chi connectivity index (χ1n) is 11.4. The summed E-state index contributed by atoms with van der Waals surface area (Å²) < 4.78 is 2.41. The van der Waals surface area contributed by atoms with Gasteiger partial charge in [-0.1, -0.05) is 18.5 Å². The fraction of sp³-hybridized carbons (Fsp3) is 0.385. The molecule has 4 heterocycles. The van der Waals surface area contributed by atoms with Gasteiger partial charge in [-0.05, 0) is 98.5 Å². The lowest BCUT2D eigenvalue weighted by molar-refractivity contribution is 0.461. The van der Waals surface area contributed by atoms with Gasteiger partial charge >= 0.3 is 0 Å². The van der Waals surface area contributed by atoms with Gasteiger partial charge in [0.25, 0.3) is 0 Å². The van der Waals surface area contributed by atoms with E-state index in [4.69, 9.17) is 11.6 Å². The second kappa shape index (κ2) is 8.97. The van der Waals surface area contributed by atoms with Crippen LogP contribution in [0.3, 0.4) is 0 Å². The molecule has 4 nitrogen and oxygen atoms in total. The van der Waals surface area contributed by atoms with Crippen LogP contribution >= 0.6 is 11.6 Å². The Hall–Kier alpha value is -2.43. The van der Waals surface area contributed by atoms with Gasteiger partial charge in [-0.15, -0.1) is 0 Å². The predicted octanol–water partition coefficient (Wildman–Crippen LogP) is 6.38. The molecule has 1 unspecified atom stereocenters. The minimum absolute atomic E-state index is 0.492. The lowest BCUT2D eigenvalue weighted by Crippen LogP contribution is -2.27. The summed E-state index contributed by atoms with van der Waals surface area (Å²) >= 11 is 6.24. The van der Waals surface area contributed by atoms with Crippen molar-refractivity contribution in [3.8, 4) is 5.69 Å². The van der Waals surface area contributed by atoms with E-state index in [-0.39, 0.29) is 0 Å². The minimum Gasteiger partial charge on any atom is -0.317 e. The smallest absolute Gasteiger partial charge is 0.0721 e. The lowest BCUT2D eigenvalue weighted by Gasteiger charge is -2.27. The van der Waals surface area contributed by atoms with E-state index < -0.39 is 0 Å². The Kier molecular flexibility index (Phi) is 5.93. The van der Waals surface area contributed by atoms with Crippen molar-refractivity contribution in [1.82, 2.24) is 14.9 Å². The van der Waals surface area contributed by atoms with E-state index in [2.05, 4.69) is 57.4 Å². The van der Waals surface area contributed by atoms with Crippen LogP contribution in [-0.4, -0.2) is 28.9 Å². The molecule has 5 heteroatoms. The number of nitrogens with zero attached hydrogens (tertiary/aromatic N) is 3. The maximum absolute atomic E-state index is 6.24.